The van der Waals surface area contributed by atoms with Gasteiger partial charge in [0.1, 0.15) is 0 Å². The van der Waals surface area contributed by atoms with E-state index in [2.05, 4.69) is 39.6 Å². The van der Waals surface area contributed by atoms with Crippen LogP contribution >= 0.6 is 11.6 Å². The molecule has 3 nitrogen and oxygen atoms in total. The van der Waals surface area contributed by atoms with E-state index in [1.165, 1.54) is 5.56 Å². The first-order valence-electron chi connectivity index (χ1n) is 7.35. The van der Waals surface area contributed by atoms with Gasteiger partial charge in [0.2, 0.25) is 0 Å². The number of hydrogen-bond acceptors (Lipinski definition) is 2. The number of aromatic nitrogens is 2. The van der Waals surface area contributed by atoms with E-state index < -0.39 is 0 Å². The highest BCUT2D eigenvalue weighted by Crippen LogP contribution is 2.28. The molecule has 0 fully saturated rings. The SMILES string of the molecule is Clc1cc(CNCCc2cnc[nH]2)ccc1-c1ccccc1. The molecule has 0 unspecified atom stereocenters. The van der Waals surface area contributed by atoms with Crippen LogP contribution in [0.15, 0.2) is 61.1 Å². The van der Waals surface area contributed by atoms with Gasteiger partial charge in [0.15, 0.2) is 0 Å². The Hall–Kier alpha value is -2.10. The molecule has 4 heteroatoms. The molecule has 0 saturated carbocycles. The van der Waals surface area contributed by atoms with Crippen LogP contribution in [0.1, 0.15) is 11.3 Å². The van der Waals surface area contributed by atoms with Crippen molar-refractivity contribution < 1.29 is 0 Å². The maximum absolute atomic E-state index is 6.42. The molecule has 0 aliphatic carbocycles. The molecular weight excluding hydrogens is 294 g/mol. The summed E-state index contributed by atoms with van der Waals surface area (Å²) in [4.78, 5) is 7.11. The van der Waals surface area contributed by atoms with Gasteiger partial charge in [-0.3, -0.25) is 0 Å². The summed E-state index contributed by atoms with van der Waals surface area (Å²) in [6.07, 6.45) is 4.50. The molecule has 2 aromatic carbocycles. The molecule has 2 N–H and O–H groups in total. The number of nitrogens with zero attached hydrogens (tertiary/aromatic N) is 1. The first-order valence-corrected chi connectivity index (χ1v) is 7.72. The van der Waals surface area contributed by atoms with Crippen molar-refractivity contribution in [2.45, 2.75) is 13.0 Å². The molecule has 0 aliphatic rings. The highest BCUT2D eigenvalue weighted by Gasteiger charge is 2.04. The first kappa shape index (κ1) is 14.8. The summed E-state index contributed by atoms with van der Waals surface area (Å²) in [5.74, 6) is 0. The number of aromatic amines is 1. The summed E-state index contributed by atoms with van der Waals surface area (Å²) < 4.78 is 0. The molecule has 3 rings (SSSR count). The molecule has 0 amide bonds. The second kappa shape index (κ2) is 7.25. The summed E-state index contributed by atoms with van der Waals surface area (Å²) in [7, 11) is 0. The summed E-state index contributed by atoms with van der Waals surface area (Å²) in [5.41, 5.74) is 4.55. The fourth-order valence-corrected chi connectivity index (χ4v) is 2.71. The Morgan fingerprint density at radius 3 is 2.68 bits per heavy atom. The lowest BCUT2D eigenvalue weighted by molar-refractivity contribution is 0.681. The maximum atomic E-state index is 6.42. The molecule has 0 saturated heterocycles. The molecule has 112 valence electrons. The topological polar surface area (TPSA) is 40.7 Å². The Morgan fingerprint density at radius 2 is 1.95 bits per heavy atom. The molecule has 1 heterocycles. The van der Waals surface area contributed by atoms with Crippen LogP contribution in [0.2, 0.25) is 5.02 Å². The van der Waals surface area contributed by atoms with Crippen LogP contribution in [0.3, 0.4) is 0 Å². The number of hydrogen-bond donors (Lipinski definition) is 2. The van der Waals surface area contributed by atoms with Gasteiger partial charge in [0, 0.05) is 42.0 Å². The predicted octanol–water partition coefficient (Wildman–Crippen LogP) is 4.06. The number of nitrogens with one attached hydrogen (secondary N) is 2. The van der Waals surface area contributed by atoms with Gasteiger partial charge in [-0.2, -0.15) is 0 Å². The largest absolute Gasteiger partial charge is 0.348 e. The van der Waals surface area contributed by atoms with Gasteiger partial charge in [-0.1, -0.05) is 54.1 Å². The number of benzene rings is 2. The second-order valence-electron chi connectivity index (χ2n) is 5.18. The van der Waals surface area contributed by atoms with E-state index >= 15 is 0 Å². The lowest BCUT2D eigenvalue weighted by Crippen LogP contribution is -2.16. The summed E-state index contributed by atoms with van der Waals surface area (Å²) in [6.45, 7) is 1.71. The molecule has 0 bridgehead atoms. The van der Waals surface area contributed by atoms with Crippen molar-refractivity contribution in [2.75, 3.05) is 6.54 Å². The Balaban J connectivity index is 1.58. The van der Waals surface area contributed by atoms with Gasteiger partial charge in [0.05, 0.1) is 6.33 Å². The van der Waals surface area contributed by atoms with Crippen molar-refractivity contribution in [3.05, 3.63) is 77.3 Å². The zero-order valence-corrected chi connectivity index (χ0v) is 13.0. The van der Waals surface area contributed by atoms with E-state index in [0.717, 1.165) is 41.4 Å². The zero-order chi connectivity index (χ0) is 15.2. The lowest BCUT2D eigenvalue weighted by Gasteiger charge is -2.08. The molecule has 0 atom stereocenters. The van der Waals surface area contributed by atoms with Crippen LogP contribution in [0.25, 0.3) is 11.1 Å². The normalized spacial score (nSPS) is 10.8. The van der Waals surface area contributed by atoms with Crippen LogP contribution in [-0.2, 0) is 13.0 Å². The Kier molecular flexibility index (Phi) is 4.88. The number of imidazole rings is 1. The molecule has 1 aromatic heterocycles. The van der Waals surface area contributed by atoms with Crippen LogP contribution in [-0.4, -0.2) is 16.5 Å². The Morgan fingerprint density at radius 1 is 1.09 bits per heavy atom. The van der Waals surface area contributed by atoms with Crippen LogP contribution in [0.4, 0.5) is 0 Å². The number of H-pyrrole nitrogens is 1. The van der Waals surface area contributed by atoms with Gasteiger partial charge >= 0.3 is 0 Å². The van der Waals surface area contributed by atoms with Gasteiger partial charge in [-0.15, -0.1) is 0 Å². The van der Waals surface area contributed by atoms with Crippen molar-refractivity contribution in [1.29, 1.82) is 0 Å². The van der Waals surface area contributed by atoms with Crippen molar-refractivity contribution in [2.24, 2.45) is 0 Å². The fourth-order valence-electron chi connectivity index (χ4n) is 2.40. The smallest absolute Gasteiger partial charge is 0.0921 e. The van der Waals surface area contributed by atoms with Crippen LogP contribution in [0.5, 0.6) is 0 Å². The Bertz CT molecular complexity index is 708. The highest BCUT2D eigenvalue weighted by molar-refractivity contribution is 6.33. The van der Waals surface area contributed by atoms with Crippen LogP contribution < -0.4 is 5.32 Å². The number of halogens is 1. The van der Waals surface area contributed by atoms with E-state index in [0.29, 0.717) is 0 Å². The summed E-state index contributed by atoms with van der Waals surface area (Å²) >= 11 is 6.42. The molecule has 22 heavy (non-hydrogen) atoms. The summed E-state index contributed by atoms with van der Waals surface area (Å²) in [6, 6.07) is 16.4. The van der Waals surface area contributed by atoms with Gasteiger partial charge in [-0.25, -0.2) is 4.98 Å². The third-order valence-corrected chi connectivity index (χ3v) is 3.89. The predicted molar refractivity (Wildman–Crippen MR) is 90.9 cm³/mol. The maximum Gasteiger partial charge on any atom is 0.0921 e. The molecule has 3 aromatic rings. The average molecular weight is 312 g/mol. The standard InChI is InChI=1S/C18H18ClN3/c19-18-10-14(11-20-9-8-16-12-21-13-22-16)6-7-17(18)15-4-2-1-3-5-15/h1-7,10,12-13,20H,8-9,11H2,(H,21,22). The minimum Gasteiger partial charge on any atom is -0.348 e. The van der Waals surface area contributed by atoms with Gasteiger partial charge in [-0.05, 0) is 17.2 Å². The quantitative estimate of drug-likeness (QED) is 0.674. The van der Waals surface area contributed by atoms with Gasteiger partial charge < -0.3 is 10.3 Å². The van der Waals surface area contributed by atoms with E-state index in [4.69, 9.17) is 11.6 Å². The van der Waals surface area contributed by atoms with E-state index in [-0.39, 0.29) is 0 Å². The first-order chi connectivity index (χ1) is 10.8. The minimum atomic E-state index is 0.791. The van der Waals surface area contributed by atoms with Crippen molar-refractivity contribution in [3.8, 4) is 11.1 Å². The lowest BCUT2D eigenvalue weighted by atomic mass is 10.0. The van der Waals surface area contributed by atoms with E-state index in [1.54, 1.807) is 6.33 Å². The summed E-state index contributed by atoms with van der Waals surface area (Å²) in [5, 5.41) is 4.21. The molecular formula is C18H18ClN3. The van der Waals surface area contributed by atoms with E-state index in [1.807, 2.05) is 30.5 Å². The van der Waals surface area contributed by atoms with Gasteiger partial charge in [0.25, 0.3) is 0 Å². The van der Waals surface area contributed by atoms with E-state index in [9.17, 15) is 0 Å². The fraction of sp³-hybridized carbons (Fsp3) is 0.167. The highest BCUT2D eigenvalue weighted by atomic mass is 35.5. The van der Waals surface area contributed by atoms with Crippen molar-refractivity contribution >= 4 is 11.6 Å². The second-order valence-corrected chi connectivity index (χ2v) is 5.59. The minimum absolute atomic E-state index is 0.791. The molecule has 0 aliphatic heterocycles. The monoisotopic (exact) mass is 311 g/mol. The molecule has 0 spiro atoms. The molecule has 0 radical (unpaired) electrons. The average Bonchev–Trinajstić information content (AvgIpc) is 3.06. The zero-order valence-electron chi connectivity index (χ0n) is 12.2. The Labute approximate surface area is 135 Å². The third-order valence-electron chi connectivity index (χ3n) is 3.57. The third kappa shape index (κ3) is 3.75. The van der Waals surface area contributed by atoms with Crippen molar-refractivity contribution in [1.82, 2.24) is 15.3 Å². The number of rotatable bonds is 6. The van der Waals surface area contributed by atoms with Crippen molar-refractivity contribution in [3.63, 3.8) is 0 Å². The van der Waals surface area contributed by atoms with Crippen LogP contribution in [0, 0.1) is 0 Å².